The highest BCUT2D eigenvalue weighted by Gasteiger charge is 2.41. The fourth-order valence-electron chi connectivity index (χ4n) is 2.59. The second-order valence-corrected chi connectivity index (χ2v) is 7.04. The van der Waals surface area contributed by atoms with Crippen LogP contribution in [0.5, 0.6) is 0 Å². The van der Waals surface area contributed by atoms with Crippen LogP contribution in [0.1, 0.15) is 19.3 Å². The van der Waals surface area contributed by atoms with Gasteiger partial charge in [0.25, 0.3) is 0 Å². The van der Waals surface area contributed by atoms with Crippen LogP contribution in [0.2, 0.25) is 0 Å². The Labute approximate surface area is 97.1 Å². The minimum absolute atomic E-state index is 0.252. The molecule has 2 fully saturated rings. The van der Waals surface area contributed by atoms with E-state index in [2.05, 4.69) is 4.90 Å². The number of likely N-dealkylation sites (tertiary alicyclic amines) is 1. The van der Waals surface area contributed by atoms with Crippen LogP contribution >= 0.6 is 0 Å². The van der Waals surface area contributed by atoms with Gasteiger partial charge in [0.05, 0.1) is 11.9 Å². The molecule has 94 valence electrons. The van der Waals surface area contributed by atoms with Gasteiger partial charge in [-0.15, -0.1) is 0 Å². The number of nitrogens with zero attached hydrogens (tertiary/aromatic N) is 2. The lowest BCUT2D eigenvalue weighted by atomic mass is 10.0. The van der Waals surface area contributed by atoms with Crippen molar-refractivity contribution in [3.05, 3.63) is 0 Å². The Morgan fingerprint density at radius 2 is 1.88 bits per heavy atom. The summed E-state index contributed by atoms with van der Waals surface area (Å²) in [5, 5.41) is 10.3. The first-order valence-corrected chi connectivity index (χ1v) is 7.64. The van der Waals surface area contributed by atoms with E-state index in [4.69, 9.17) is 0 Å². The van der Waals surface area contributed by atoms with Gasteiger partial charge in [-0.1, -0.05) is 0 Å². The zero-order chi connectivity index (χ0) is 11.8. The molecule has 0 aromatic carbocycles. The maximum Gasteiger partial charge on any atom is 0.211 e. The van der Waals surface area contributed by atoms with Crippen molar-refractivity contribution in [3.8, 4) is 0 Å². The highest BCUT2D eigenvalue weighted by molar-refractivity contribution is 7.88. The summed E-state index contributed by atoms with van der Waals surface area (Å²) in [6.45, 7) is 3.37. The predicted octanol–water partition coefficient (Wildman–Crippen LogP) is -0.521. The summed E-state index contributed by atoms with van der Waals surface area (Å²) in [5.41, 5.74) is -0.840. The van der Waals surface area contributed by atoms with Crippen LogP contribution in [0, 0.1) is 0 Å². The zero-order valence-electron chi connectivity index (χ0n) is 9.72. The lowest BCUT2D eigenvalue weighted by molar-refractivity contribution is 0.0233. The maximum absolute atomic E-state index is 11.4. The molecule has 16 heavy (non-hydrogen) atoms. The third kappa shape index (κ3) is 2.74. The Bertz CT molecular complexity index is 351. The molecule has 2 rings (SSSR count). The van der Waals surface area contributed by atoms with Crippen LogP contribution in [0.3, 0.4) is 0 Å². The van der Waals surface area contributed by atoms with Crippen molar-refractivity contribution in [1.29, 1.82) is 0 Å². The molecular formula is C10H20N2O3S. The van der Waals surface area contributed by atoms with E-state index in [0.29, 0.717) is 19.5 Å². The van der Waals surface area contributed by atoms with Gasteiger partial charge < -0.3 is 10.0 Å². The second kappa shape index (κ2) is 4.25. The Hall–Kier alpha value is -0.170. The molecular weight excluding hydrogens is 228 g/mol. The van der Waals surface area contributed by atoms with Crippen molar-refractivity contribution in [2.45, 2.75) is 24.9 Å². The van der Waals surface area contributed by atoms with Gasteiger partial charge in [-0.05, 0) is 32.4 Å². The molecule has 0 unspecified atom stereocenters. The summed E-state index contributed by atoms with van der Waals surface area (Å²) in [6, 6.07) is 0. The van der Waals surface area contributed by atoms with Crippen LogP contribution in [-0.2, 0) is 10.0 Å². The minimum atomic E-state index is -3.15. The number of hydrogen-bond donors (Lipinski definition) is 1. The average molecular weight is 248 g/mol. The summed E-state index contributed by atoms with van der Waals surface area (Å²) in [4.78, 5) is 2.23. The van der Waals surface area contributed by atoms with E-state index in [1.165, 1.54) is 23.4 Å². The lowest BCUT2D eigenvalue weighted by Crippen LogP contribution is -2.44. The number of sulfonamides is 1. The molecule has 0 aliphatic carbocycles. The molecule has 0 amide bonds. The largest absolute Gasteiger partial charge is 0.387 e. The van der Waals surface area contributed by atoms with Gasteiger partial charge >= 0.3 is 0 Å². The molecule has 5 nitrogen and oxygen atoms in total. The lowest BCUT2D eigenvalue weighted by Gasteiger charge is -2.28. The van der Waals surface area contributed by atoms with E-state index in [-0.39, 0.29) is 6.54 Å². The summed E-state index contributed by atoms with van der Waals surface area (Å²) < 4.78 is 24.1. The molecule has 0 saturated carbocycles. The number of rotatable bonds is 3. The van der Waals surface area contributed by atoms with E-state index >= 15 is 0 Å². The summed E-state index contributed by atoms with van der Waals surface area (Å²) in [7, 11) is -3.15. The van der Waals surface area contributed by atoms with Crippen LogP contribution in [0.4, 0.5) is 0 Å². The van der Waals surface area contributed by atoms with E-state index in [9.17, 15) is 13.5 Å². The van der Waals surface area contributed by atoms with Crippen molar-refractivity contribution < 1.29 is 13.5 Å². The Balaban J connectivity index is 1.94. The Morgan fingerprint density at radius 3 is 2.38 bits per heavy atom. The summed E-state index contributed by atoms with van der Waals surface area (Å²) >= 11 is 0. The molecule has 0 bridgehead atoms. The first-order valence-electron chi connectivity index (χ1n) is 5.79. The fraction of sp³-hybridized carbons (Fsp3) is 1.00. The monoisotopic (exact) mass is 248 g/mol. The predicted molar refractivity (Wildman–Crippen MR) is 61.7 cm³/mol. The average Bonchev–Trinajstić information content (AvgIpc) is 2.74. The molecule has 0 aromatic rings. The number of hydrogen-bond acceptors (Lipinski definition) is 4. The molecule has 0 spiro atoms. The van der Waals surface area contributed by atoms with E-state index in [1.807, 2.05) is 0 Å². The first kappa shape index (κ1) is 12.3. The maximum atomic E-state index is 11.4. The van der Waals surface area contributed by atoms with Crippen LogP contribution in [0.25, 0.3) is 0 Å². The number of aliphatic hydroxyl groups is 1. The minimum Gasteiger partial charge on any atom is -0.387 e. The Morgan fingerprint density at radius 1 is 1.25 bits per heavy atom. The highest BCUT2D eigenvalue weighted by atomic mass is 32.2. The topological polar surface area (TPSA) is 60.9 Å². The van der Waals surface area contributed by atoms with Crippen molar-refractivity contribution >= 4 is 10.0 Å². The molecule has 2 aliphatic heterocycles. The van der Waals surface area contributed by atoms with Gasteiger partial charge in [0.15, 0.2) is 0 Å². The van der Waals surface area contributed by atoms with E-state index < -0.39 is 15.6 Å². The van der Waals surface area contributed by atoms with Gasteiger partial charge in [-0.2, -0.15) is 4.31 Å². The van der Waals surface area contributed by atoms with Gasteiger partial charge in [0.1, 0.15) is 0 Å². The summed E-state index contributed by atoms with van der Waals surface area (Å²) in [6.07, 6.45) is 4.13. The molecule has 2 heterocycles. The molecule has 1 atom stereocenters. The Kier molecular flexibility index (Phi) is 3.27. The number of β-amino-alcohol motifs (C(OH)–C–C–N with tert-alkyl or cyclic N) is 1. The van der Waals surface area contributed by atoms with E-state index in [1.54, 1.807) is 0 Å². The second-order valence-electron chi connectivity index (χ2n) is 5.05. The molecule has 0 radical (unpaired) electrons. The summed E-state index contributed by atoms with van der Waals surface area (Å²) in [5.74, 6) is 0. The first-order chi connectivity index (χ1) is 7.39. The standard InChI is InChI=1S/C10H20N2O3S/c1-16(14,15)12-7-4-10(13,9-12)8-11-5-2-3-6-11/h13H,2-9H2,1H3/t10-/m0/s1. The molecule has 2 aliphatic rings. The van der Waals surface area contributed by atoms with E-state index in [0.717, 1.165) is 13.1 Å². The van der Waals surface area contributed by atoms with Gasteiger partial charge in [0.2, 0.25) is 10.0 Å². The quantitative estimate of drug-likeness (QED) is 0.730. The van der Waals surface area contributed by atoms with Crippen LogP contribution < -0.4 is 0 Å². The van der Waals surface area contributed by atoms with Gasteiger partial charge in [-0.25, -0.2) is 8.42 Å². The van der Waals surface area contributed by atoms with Gasteiger partial charge in [0, 0.05) is 19.6 Å². The smallest absolute Gasteiger partial charge is 0.211 e. The van der Waals surface area contributed by atoms with Crippen molar-refractivity contribution in [1.82, 2.24) is 9.21 Å². The van der Waals surface area contributed by atoms with Gasteiger partial charge in [-0.3, -0.25) is 0 Å². The van der Waals surface area contributed by atoms with Crippen LogP contribution in [-0.4, -0.2) is 67.3 Å². The van der Waals surface area contributed by atoms with Crippen LogP contribution in [0.15, 0.2) is 0 Å². The fourth-order valence-corrected chi connectivity index (χ4v) is 3.49. The van der Waals surface area contributed by atoms with Crippen molar-refractivity contribution in [3.63, 3.8) is 0 Å². The highest BCUT2D eigenvalue weighted by Crippen LogP contribution is 2.25. The third-order valence-electron chi connectivity index (χ3n) is 3.48. The molecule has 2 saturated heterocycles. The van der Waals surface area contributed by atoms with Crippen molar-refractivity contribution in [2.75, 3.05) is 39.0 Å². The molecule has 6 heteroatoms. The van der Waals surface area contributed by atoms with Crippen molar-refractivity contribution in [2.24, 2.45) is 0 Å². The molecule has 1 N–H and O–H groups in total. The molecule has 0 aromatic heterocycles. The zero-order valence-corrected chi connectivity index (χ0v) is 10.5. The normalized spacial score (nSPS) is 33.6. The third-order valence-corrected chi connectivity index (χ3v) is 4.73. The SMILES string of the molecule is CS(=O)(=O)N1CC[C@](O)(CN2CCCC2)C1.